The van der Waals surface area contributed by atoms with Crippen molar-refractivity contribution in [1.29, 1.82) is 0 Å². The van der Waals surface area contributed by atoms with Crippen LogP contribution in [0.5, 0.6) is 0 Å². The van der Waals surface area contributed by atoms with E-state index in [4.69, 9.17) is 4.74 Å². The molecule has 2 N–H and O–H groups in total. The average Bonchev–Trinajstić information content (AvgIpc) is 3.31. The van der Waals surface area contributed by atoms with Gasteiger partial charge in [0.15, 0.2) is 0 Å². The average molecular weight is 349 g/mol. The number of hydrogen-bond donors (Lipinski definition) is 2. The molecule has 2 atom stereocenters. The number of urea groups is 1. The van der Waals surface area contributed by atoms with Crippen LogP contribution >= 0.6 is 0 Å². The Balaban J connectivity index is 1.69. The van der Waals surface area contributed by atoms with Gasteiger partial charge in [-0.3, -0.25) is 4.79 Å². The monoisotopic (exact) mass is 349 g/mol. The highest BCUT2D eigenvalue weighted by Crippen LogP contribution is 2.43. The number of carbonyl (C=O) groups excluding carboxylic acids is 2. The van der Waals surface area contributed by atoms with E-state index in [0.717, 1.165) is 19.3 Å². The Morgan fingerprint density at radius 1 is 1.32 bits per heavy atom. The van der Waals surface area contributed by atoms with Gasteiger partial charge in [-0.1, -0.05) is 0 Å². The predicted octanol–water partition coefficient (Wildman–Crippen LogP) is 2.61. The van der Waals surface area contributed by atoms with Crippen LogP contribution < -0.4 is 10.6 Å². The molecular formula is C18H24FN3O3. The van der Waals surface area contributed by atoms with E-state index in [1.54, 1.807) is 14.1 Å². The standard InChI is InChI=1S/C18H24FN3O3/c1-18(8-9-25-15(18)11-4-5-11)21-17(24)20-12-6-7-14(19)13(10-12)16(23)22(2)3/h6-7,10-11,15H,4-5,8-9H2,1-3H3,(H2,20,21,24)/t15-,18+/m0/s1. The molecular weight excluding hydrogens is 325 g/mol. The number of anilines is 1. The van der Waals surface area contributed by atoms with Crippen LogP contribution in [0.2, 0.25) is 0 Å². The summed E-state index contributed by atoms with van der Waals surface area (Å²) in [6.45, 7) is 2.63. The van der Waals surface area contributed by atoms with E-state index in [1.165, 1.54) is 23.1 Å². The molecule has 1 aromatic carbocycles. The molecule has 1 aliphatic heterocycles. The molecule has 0 radical (unpaired) electrons. The Morgan fingerprint density at radius 2 is 2.04 bits per heavy atom. The van der Waals surface area contributed by atoms with Crippen molar-refractivity contribution in [2.45, 2.75) is 37.8 Å². The van der Waals surface area contributed by atoms with Crippen LogP contribution in [0.15, 0.2) is 18.2 Å². The van der Waals surface area contributed by atoms with E-state index in [1.807, 2.05) is 6.92 Å². The summed E-state index contributed by atoms with van der Waals surface area (Å²) >= 11 is 0. The Kier molecular flexibility index (Phi) is 4.69. The first-order valence-electron chi connectivity index (χ1n) is 8.52. The van der Waals surface area contributed by atoms with Crippen molar-refractivity contribution in [3.63, 3.8) is 0 Å². The third kappa shape index (κ3) is 3.76. The summed E-state index contributed by atoms with van der Waals surface area (Å²) in [5.41, 5.74) is -0.114. The fraction of sp³-hybridized carbons (Fsp3) is 0.556. The van der Waals surface area contributed by atoms with E-state index in [9.17, 15) is 14.0 Å². The molecule has 2 fully saturated rings. The first-order valence-corrected chi connectivity index (χ1v) is 8.52. The molecule has 3 rings (SSSR count). The van der Waals surface area contributed by atoms with Crippen molar-refractivity contribution >= 4 is 17.6 Å². The predicted molar refractivity (Wildman–Crippen MR) is 92.1 cm³/mol. The number of carbonyl (C=O) groups is 2. The van der Waals surface area contributed by atoms with Gasteiger partial charge in [0.25, 0.3) is 5.91 Å². The number of rotatable bonds is 4. The van der Waals surface area contributed by atoms with Gasteiger partial charge >= 0.3 is 6.03 Å². The number of amides is 3. The number of ether oxygens (including phenoxy) is 1. The molecule has 1 saturated carbocycles. The van der Waals surface area contributed by atoms with Crippen molar-refractivity contribution in [1.82, 2.24) is 10.2 Å². The molecule has 1 saturated heterocycles. The van der Waals surface area contributed by atoms with Crippen LogP contribution in [0.4, 0.5) is 14.9 Å². The SMILES string of the molecule is CN(C)C(=O)c1cc(NC(=O)N[C@]2(C)CCO[C@H]2C2CC2)ccc1F. The first-order chi connectivity index (χ1) is 11.8. The summed E-state index contributed by atoms with van der Waals surface area (Å²) in [4.78, 5) is 25.7. The Hall–Kier alpha value is -2.15. The molecule has 7 heteroatoms. The van der Waals surface area contributed by atoms with Crippen molar-refractivity contribution < 1.29 is 18.7 Å². The van der Waals surface area contributed by atoms with Crippen molar-refractivity contribution in [3.8, 4) is 0 Å². The molecule has 1 aromatic rings. The van der Waals surface area contributed by atoms with E-state index in [0.29, 0.717) is 18.2 Å². The molecule has 2 aliphatic rings. The third-order valence-corrected chi connectivity index (χ3v) is 4.86. The molecule has 0 bridgehead atoms. The number of hydrogen-bond acceptors (Lipinski definition) is 3. The quantitative estimate of drug-likeness (QED) is 0.878. The number of halogens is 1. The third-order valence-electron chi connectivity index (χ3n) is 4.86. The lowest BCUT2D eigenvalue weighted by molar-refractivity contribution is 0.0597. The summed E-state index contributed by atoms with van der Waals surface area (Å²) in [5.74, 6) is -0.552. The molecule has 1 heterocycles. The van der Waals surface area contributed by atoms with E-state index < -0.39 is 17.3 Å². The summed E-state index contributed by atoms with van der Waals surface area (Å²) in [6, 6.07) is 3.59. The maximum atomic E-state index is 13.9. The van der Waals surface area contributed by atoms with Gasteiger partial charge in [-0.2, -0.15) is 0 Å². The normalized spacial score (nSPS) is 25.5. The van der Waals surface area contributed by atoms with Gasteiger partial charge in [0.1, 0.15) is 5.82 Å². The maximum absolute atomic E-state index is 13.9. The van der Waals surface area contributed by atoms with Gasteiger partial charge in [0.2, 0.25) is 0 Å². The second kappa shape index (κ2) is 6.63. The highest BCUT2D eigenvalue weighted by Gasteiger charge is 2.49. The second-order valence-corrected chi connectivity index (χ2v) is 7.27. The summed E-state index contributed by atoms with van der Waals surface area (Å²) in [7, 11) is 3.10. The Labute approximate surface area is 146 Å². The number of nitrogens with one attached hydrogen (secondary N) is 2. The Bertz CT molecular complexity index is 690. The van der Waals surface area contributed by atoms with E-state index in [2.05, 4.69) is 10.6 Å². The Morgan fingerprint density at radius 3 is 2.68 bits per heavy atom. The molecule has 1 aliphatic carbocycles. The maximum Gasteiger partial charge on any atom is 0.319 e. The van der Waals surface area contributed by atoms with Crippen LogP contribution in [0.25, 0.3) is 0 Å². The molecule has 0 spiro atoms. The van der Waals surface area contributed by atoms with Gasteiger partial charge in [-0.25, -0.2) is 9.18 Å². The minimum Gasteiger partial charge on any atom is -0.375 e. The number of benzene rings is 1. The van der Waals surface area contributed by atoms with Crippen LogP contribution in [0.3, 0.4) is 0 Å². The lowest BCUT2D eigenvalue weighted by atomic mass is 9.90. The largest absolute Gasteiger partial charge is 0.375 e. The fourth-order valence-corrected chi connectivity index (χ4v) is 3.34. The topological polar surface area (TPSA) is 70.7 Å². The lowest BCUT2D eigenvalue weighted by Gasteiger charge is -2.31. The van der Waals surface area contributed by atoms with Crippen molar-refractivity contribution in [2.24, 2.45) is 5.92 Å². The van der Waals surface area contributed by atoms with Gasteiger partial charge in [0.05, 0.1) is 17.2 Å². The van der Waals surface area contributed by atoms with Crippen LogP contribution in [-0.2, 0) is 4.74 Å². The highest BCUT2D eigenvalue weighted by molar-refractivity contribution is 5.97. The molecule has 25 heavy (non-hydrogen) atoms. The molecule has 136 valence electrons. The minimum absolute atomic E-state index is 0.0392. The van der Waals surface area contributed by atoms with Crippen LogP contribution in [0.1, 0.15) is 36.5 Å². The molecule has 6 nitrogen and oxygen atoms in total. The second-order valence-electron chi connectivity index (χ2n) is 7.27. The smallest absolute Gasteiger partial charge is 0.319 e. The zero-order valence-electron chi connectivity index (χ0n) is 14.8. The van der Waals surface area contributed by atoms with Crippen molar-refractivity contribution in [3.05, 3.63) is 29.6 Å². The molecule has 3 amide bonds. The summed E-state index contributed by atoms with van der Waals surface area (Å²) in [6.07, 6.45) is 3.07. The number of nitrogens with zero attached hydrogens (tertiary/aromatic N) is 1. The fourth-order valence-electron chi connectivity index (χ4n) is 3.34. The molecule has 0 aromatic heterocycles. The minimum atomic E-state index is -0.616. The van der Waals surface area contributed by atoms with Crippen LogP contribution in [0, 0.1) is 11.7 Å². The zero-order valence-corrected chi connectivity index (χ0v) is 14.8. The van der Waals surface area contributed by atoms with Crippen molar-refractivity contribution in [2.75, 3.05) is 26.0 Å². The van der Waals surface area contributed by atoms with Crippen LogP contribution in [-0.4, -0.2) is 49.2 Å². The van der Waals surface area contributed by atoms with E-state index >= 15 is 0 Å². The van der Waals surface area contributed by atoms with Gasteiger partial charge in [0, 0.05) is 26.4 Å². The molecule has 0 unspecified atom stereocenters. The first kappa shape index (κ1) is 17.7. The van der Waals surface area contributed by atoms with Gasteiger partial charge < -0.3 is 20.3 Å². The van der Waals surface area contributed by atoms with Gasteiger partial charge in [-0.05, 0) is 50.3 Å². The summed E-state index contributed by atoms with van der Waals surface area (Å²) < 4.78 is 19.7. The highest BCUT2D eigenvalue weighted by atomic mass is 19.1. The lowest BCUT2D eigenvalue weighted by Crippen LogP contribution is -2.53. The zero-order chi connectivity index (χ0) is 18.2. The van der Waals surface area contributed by atoms with E-state index in [-0.39, 0.29) is 17.7 Å². The summed E-state index contributed by atoms with van der Waals surface area (Å²) in [5, 5.41) is 5.69. The van der Waals surface area contributed by atoms with Gasteiger partial charge in [-0.15, -0.1) is 0 Å².